The molecule has 0 radical (unpaired) electrons. The summed E-state index contributed by atoms with van der Waals surface area (Å²) in [4.78, 5) is 10.8. The normalized spacial score (nSPS) is 18.5. The summed E-state index contributed by atoms with van der Waals surface area (Å²) in [6.07, 6.45) is 7.30. The molecule has 0 spiro atoms. The number of aliphatic hydroxyl groups excluding tert-OH is 1. The second-order valence-corrected chi connectivity index (χ2v) is 2.36. The number of hydrogen-bond acceptors (Lipinski definition) is 2. The fourth-order valence-corrected chi connectivity index (χ4v) is 0.921. The lowest BCUT2D eigenvalue weighted by Gasteiger charge is -2.03. The zero-order chi connectivity index (χ0) is 8.27. The Kier molecular flexibility index (Phi) is 2.26. The highest BCUT2D eigenvalue weighted by Gasteiger charge is 2.10. The average Bonchev–Trinajstić information content (AvgIpc) is 1.98. The van der Waals surface area contributed by atoms with Gasteiger partial charge in [0.1, 0.15) is 0 Å². The number of carbonyl (C=O) groups is 1. The fraction of sp³-hybridized carbons (Fsp3) is 0.222. The molecule has 0 atom stereocenters. The number of hydrogen-bond donors (Lipinski definition) is 1. The van der Waals surface area contributed by atoms with Gasteiger partial charge in [0.25, 0.3) is 0 Å². The number of Topliss-reactive ketones (excluding diaryl/α,β-unsaturated/α-hetero) is 1. The maximum absolute atomic E-state index is 10.8. The SMILES string of the molecule is CC=CC1=CCC(=O)C(O)=C1. The molecule has 1 aliphatic rings. The Labute approximate surface area is 65.5 Å². The summed E-state index contributed by atoms with van der Waals surface area (Å²) in [7, 11) is 0. The Balaban J connectivity index is 2.82. The molecule has 0 heterocycles. The van der Waals surface area contributed by atoms with Crippen LogP contribution in [0.25, 0.3) is 0 Å². The smallest absolute Gasteiger partial charge is 0.200 e. The quantitative estimate of drug-likeness (QED) is 0.619. The van der Waals surface area contributed by atoms with E-state index in [0.717, 1.165) is 5.57 Å². The lowest BCUT2D eigenvalue weighted by atomic mass is 10.0. The van der Waals surface area contributed by atoms with E-state index < -0.39 is 0 Å². The summed E-state index contributed by atoms with van der Waals surface area (Å²) < 4.78 is 0. The molecule has 1 rings (SSSR count). The number of ketones is 1. The van der Waals surface area contributed by atoms with Crippen LogP contribution in [0.15, 0.2) is 35.6 Å². The molecule has 0 saturated carbocycles. The molecule has 2 heteroatoms. The van der Waals surface area contributed by atoms with E-state index in [1.165, 1.54) is 6.08 Å². The van der Waals surface area contributed by atoms with Gasteiger partial charge < -0.3 is 5.11 Å². The van der Waals surface area contributed by atoms with Crippen LogP contribution in [-0.2, 0) is 4.79 Å². The van der Waals surface area contributed by atoms with Gasteiger partial charge in [-0.15, -0.1) is 0 Å². The van der Waals surface area contributed by atoms with Gasteiger partial charge in [-0.3, -0.25) is 4.79 Å². The second-order valence-electron chi connectivity index (χ2n) is 2.36. The van der Waals surface area contributed by atoms with Gasteiger partial charge in [0, 0.05) is 6.42 Å². The highest BCUT2D eigenvalue weighted by atomic mass is 16.3. The van der Waals surface area contributed by atoms with E-state index in [4.69, 9.17) is 5.11 Å². The molecule has 1 N–H and O–H groups in total. The molecule has 2 nitrogen and oxygen atoms in total. The molecule has 0 aliphatic heterocycles. The zero-order valence-corrected chi connectivity index (χ0v) is 6.37. The van der Waals surface area contributed by atoms with Crippen LogP contribution in [0.2, 0.25) is 0 Å². The van der Waals surface area contributed by atoms with E-state index in [0.29, 0.717) is 6.42 Å². The third kappa shape index (κ3) is 1.80. The first-order valence-corrected chi connectivity index (χ1v) is 3.50. The van der Waals surface area contributed by atoms with Crippen LogP contribution in [0.1, 0.15) is 13.3 Å². The number of rotatable bonds is 1. The molecule has 0 unspecified atom stereocenters. The second kappa shape index (κ2) is 3.19. The van der Waals surface area contributed by atoms with Gasteiger partial charge in [-0.1, -0.05) is 18.2 Å². The first-order chi connectivity index (χ1) is 5.24. The molecule has 0 fully saturated rings. The minimum absolute atomic E-state index is 0.138. The summed E-state index contributed by atoms with van der Waals surface area (Å²) in [6.45, 7) is 1.89. The highest BCUT2D eigenvalue weighted by molar-refractivity contribution is 5.96. The Morgan fingerprint density at radius 2 is 2.36 bits per heavy atom. The van der Waals surface area contributed by atoms with Crippen LogP contribution in [0.4, 0.5) is 0 Å². The minimum atomic E-state index is -0.210. The van der Waals surface area contributed by atoms with Crippen LogP contribution in [0.3, 0.4) is 0 Å². The summed E-state index contributed by atoms with van der Waals surface area (Å²) in [5, 5.41) is 9.01. The molecule has 0 amide bonds. The fourth-order valence-electron chi connectivity index (χ4n) is 0.921. The van der Waals surface area contributed by atoms with E-state index in [9.17, 15) is 4.79 Å². The van der Waals surface area contributed by atoms with E-state index in [2.05, 4.69) is 0 Å². The maximum atomic E-state index is 10.8. The Hall–Kier alpha value is -1.31. The van der Waals surface area contributed by atoms with Gasteiger partial charge in [-0.05, 0) is 18.6 Å². The maximum Gasteiger partial charge on any atom is 0.200 e. The topological polar surface area (TPSA) is 37.3 Å². The van der Waals surface area contributed by atoms with Gasteiger partial charge in [-0.25, -0.2) is 0 Å². The molecule has 0 bridgehead atoms. The van der Waals surface area contributed by atoms with Gasteiger partial charge in [0.05, 0.1) is 0 Å². The Morgan fingerprint density at radius 3 is 2.91 bits per heavy atom. The van der Waals surface area contributed by atoms with Gasteiger partial charge in [0.15, 0.2) is 5.76 Å². The first kappa shape index (κ1) is 7.79. The largest absolute Gasteiger partial charge is 0.504 e. The summed E-state index contributed by atoms with van der Waals surface area (Å²) >= 11 is 0. The van der Waals surface area contributed by atoms with Crippen molar-refractivity contribution in [2.45, 2.75) is 13.3 Å². The lowest BCUT2D eigenvalue weighted by molar-refractivity contribution is -0.117. The van der Waals surface area contributed by atoms with Gasteiger partial charge in [-0.2, -0.15) is 0 Å². The van der Waals surface area contributed by atoms with Crippen molar-refractivity contribution in [1.29, 1.82) is 0 Å². The molecular formula is C9H10O2. The summed E-state index contributed by atoms with van der Waals surface area (Å²) in [6, 6.07) is 0. The standard InChI is InChI=1S/C9H10O2/c1-2-3-7-4-5-8(10)9(11)6-7/h2-4,6,11H,5H2,1H3. The number of allylic oxidation sites excluding steroid dienone is 6. The Morgan fingerprint density at radius 1 is 1.64 bits per heavy atom. The van der Waals surface area contributed by atoms with Gasteiger partial charge in [0.2, 0.25) is 5.78 Å². The highest BCUT2D eigenvalue weighted by Crippen LogP contribution is 2.12. The third-order valence-corrected chi connectivity index (χ3v) is 1.47. The first-order valence-electron chi connectivity index (χ1n) is 3.50. The summed E-state index contributed by atoms with van der Waals surface area (Å²) in [5.74, 6) is -0.348. The van der Waals surface area contributed by atoms with Crippen molar-refractivity contribution in [3.8, 4) is 0 Å². The van der Waals surface area contributed by atoms with Crippen LogP contribution in [0.5, 0.6) is 0 Å². The van der Waals surface area contributed by atoms with Crippen molar-refractivity contribution < 1.29 is 9.90 Å². The van der Waals surface area contributed by atoms with Crippen molar-refractivity contribution in [3.05, 3.63) is 35.6 Å². The Bertz CT molecular complexity index is 257. The number of aliphatic hydroxyl groups is 1. The van der Waals surface area contributed by atoms with Crippen molar-refractivity contribution >= 4 is 5.78 Å². The molecule has 0 aromatic carbocycles. The molecule has 0 saturated heterocycles. The molecule has 58 valence electrons. The van der Waals surface area contributed by atoms with E-state index >= 15 is 0 Å². The van der Waals surface area contributed by atoms with E-state index in [-0.39, 0.29) is 11.5 Å². The third-order valence-electron chi connectivity index (χ3n) is 1.47. The van der Waals surface area contributed by atoms with Gasteiger partial charge >= 0.3 is 0 Å². The summed E-state index contributed by atoms with van der Waals surface area (Å²) in [5.41, 5.74) is 0.893. The van der Waals surface area contributed by atoms with Crippen LogP contribution in [0, 0.1) is 0 Å². The molecule has 11 heavy (non-hydrogen) atoms. The number of carbonyl (C=O) groups excluding carboxylic acids is 1. The predicted octanol–water partition coefficient (Wildman–Crippen LogP) is 1.90. The van der Waals surface area contributed by atoms with Crippen molar-refractivity contribution in [1.82, 2.24) is 0 Å². The molecule has 0 aromatic rings. The average molecular weight is 150 g/mol. The van der Waals surface area contributed by atoms with Crippen LogP contribution in [-0.4, -0.2) is 10.9 Å². The molecule has 0 aromatic heterocycles. The van der Waals surface area contributed by atoms with Crippen molar-refractivity contribution in [3.63, 3.8) is 0 Å². The molecule has 1 aliphatic carbocycles. The zero-order valence-electron chi connectivity index (χ0n) is 6.37. The molecular weight excluding hydrogens is 140 g/mol. The van der Waals surface area contributed by atoms with E-state index in [1.54, 1.807) is 6.08 Å². The van der Waals surface area contributed by atoms with Crippen LogP contribution >= 0.6 is 0 Å². The van der Waals surface area contributed by atoms with E-state index in [1.807, 2.05) is 19.1 Å². The minimum Gasteiger partial charge on any atom is -0.504 e. The monoisotopic (exact) mass is 150 g/mol. The predicted molar refractivity (Wildman–Crippen MR) is 43.2 cm³/mol. The van der Waals surface area contributed by atoms with Crippen molar-refractivity contribution in [2.24, 2.45) is 0 Å². The lowest BCUT2D eigenvalue weighted by Crippen LogP contribution is -2.04. The van der Waals surface area contributed by atoms with Crippen LogP contribution < -0.4 is 0 Å². The van der Waals surface area contributed by atoms with Crippen molar-refractivity contribution in [2.75, 3.05) is 0 Å².